The van der Waals surface area contributed by atoms with Crippen LogP contribution in [0, 0.1) is 0 Å². The highest BCUT2D eigenvalue weighted by Gasteiger charge is 2.17. The number of rotatable bonds is 6. The van der Waals surface area contributed by atoms with Gasteiger partial charge in [0.05, 0.1) is 11.0 Å². The molecule has 0 bridgehead atoms. The van der Waals surface area contributed by atoms with Crippen molar-refractivity contribution in [3.05, 3.63) is 218 Å². The van der Waals surface area contributed by atoms with Crippen LogP contribution in [0.3, 0.4) is 0 Å². The number of hydrogen-bond donors (Lipinski definition) is 0. The Labute approximate surface area is 325 Å². The molecule has 0 saturated heterocycles. The van der Waals surface area contributed by atoms with Gasteiger partial charge in [-0.25, -0.2) is 0 Å². The van der Waals surface area contributed by atoms with Crippen molar-refractivity contribution in [2.75, 3.05) is 4.90 Å². The summed E-state index contributed by atoms with van der Waals surface area (Å²) in [5, 5.41) is 10.1. The normalized spacial score (nSPS) is 11.6. The van der Waals surface area contributed by atoms with Crippen LogP contribution >= 0.6 is 0 Å². The Kier molecular flexibility index (Phi) is 7.53. The number of anilines is 3. The summed E-state index contributed by atoms with van der Waals surface area (Å²) in [5.41, 5.74) is 11.6. The first-order chi connectivity index (χ1) is 27.8. The fourth-order valence-corrected chi connectivity index (χ4v) is 8.70. The number of para-hydroxylation sites is 2. The van der Waals surface area contributed by atoms with Crippen LogP contribution in [0.15, 0.2) is 218 Å². The second-order valence-electron chi connectivity index (χ2n) is 14.6. The molecule has 0 spiro atoms. The molecular weight excluding hydrogens is 677 g/mol. The fourth-order valence-electron chi connectivity index (χ4n) is 8.70. The number of benzene rings is 10. The van der Waals surface area contributed by atoms with Crippen LogP contribution in [-0.2, 0) is 0 Å². The molecule has 0 aliphatic heterocycles. The molecule has 11 rings (SSSR count). The summed E-state index contributed by atoms with van der Waals surface area (Å²) >= 11 is 0. The van der Waals surface area contributed by atoms with E-state index < -0.39 is 0 Å². The summed E-state index contributed by atoms with van der Waals surface area (Å²) in [4.78, 5) is 2.39. The van der Waals surface area contributed by atoms with Gasteiger partial charge in [-0.2, -0.15) is 0 Å². The fraction of sp³-hybridized carbons (Fsp3) is 0. The van der Waals surface area contributed by atoms with Gasteiger partial charge >= 0.3 is 0 Å². The second-order valence-corrected chi connectivity index (χ2v) is 14.6. The first-order valence-corrected chi connectivity index (χ1v) is 19.3. The van der Waals surface area contributed by atoms with Crippen LogP contribution in [0.2, 0.25) is 0 Å². The van der Waals surface area contributed by atoms with E-state index in [9.17, 15) is 0 Å². The monoisotopic (exact) mass is 712 g/mol. The molecule has 0 unspecified atom stereocenters. The molecule has 0 N–H and O–H groups in total. The van der Waals surface area contributed by atoms with E-state index in [-0.39, 0.29) is 0 Å². The van der Waals surface area contributed by atoms with Gasteiger partial charge in [0, 0.05) is 33.5 Å². The Balaban J connectivity index is 1.07. The molecule has 262 valence electrons. The Morgan fingerprint density at radius 1 is 0.286 bits per heavy atom. The summed E-state index contributed by atoms with van der Waals surface area (Å²) < 4.78 is 2.38. The van der Waals surface area contributed by atoms with Crippen molar-refractivity contribution in [3.8, 4) is 27.9 Å². The minimum atomic E-state index is 1.09. The molecule has 10 aromatic carbocycles. The Hall–Kier alpha value is -7.42. The minimum absolute atomic E-state index is 1.09. The maximum atomic E-state index is 2.39. The molecule has 0 saturated carbocycles. The second kappa shape index (κ2) is 13.2. The minimum Gasteiger partial charge on any atom is -0.310 e. The highest BCUT2D eigenvalue weighted by Crippen LogP contribution is 2.41. The first-order valence-electron chi connectivity index (χ1n) is 19.3. The van der Waals surface area contributed by atoms with E-state index in [1.165, 1.54) is 76.4 Å². The molecule has 56 heavy (non-hydrogen) atoms. The molecule has 0 atom stereocenters. The first kappa shape index (κ1) is 32.0. The van der Waals surface area contributed by atoms with Crippen molar-refractivity contribution in [2.45, 2.75) is 0 Å². The van der Waals surface area contributed by atoms with E-state index in [0.717, 1.165) is 22.7 Å². The number of aromatic nitrogens is 1. The predicted molar refractivity (Wildman–Crippen MR) is 239 cm³/mol. The van der Waals surface area contributed by atoms with Gasteiger partial charge in [-0.15, -0.1) is 0 Å². The topological polar surface area (TPSA) is 8.17 Å². The van der Waals surface area contributed by atoms with Crippen LogP contribution in [0.4, 0.5) is 17.1 Å². The molecule has 0 fully saturated rings. The van der Waals surface area contributed by atoms with Crippen molar-refractivity contribution in [2.24, 2.45) is 0 Å². The highest BCUT2D eigenvalue weighted by molar-refractivity contribution is 6.12. The predicted octanol–water partition coefficient (Wildman–Crippen LogP) is 15.0. The van der Waals surface area contributed by atoms with E-state index >= 15 is 0 Å². The van der Waals surface area contributed by atoms with Crippen molar-refractivity contribution in [1.82, 2.24) is 4.57 Å². The van der Waals surface area contributed by atoms with Crippen LogP contribution in [0.5, 0.6) is 0 Å². The van der Waals surface area contributed by atoms with Crippen molar-refractivity contribution < 1.29 is 0 Å². The Morgan fingerprint density at radius 3 is 1.59 bits per heavy atom. The van der Waals surface area contributed by atoms with Gasteiger partial charge in [-0.05, 0) is 121 Å². The standard InChI is InChI=1S/C54H36N2/c1-2-14-39-34-41(27-26-37(39)12-1)40-15-9-17-45(35-40)55(43-29-31-44(32-30-43)56-53-24-7-5-20-51(53)52-21-6-8-25-54(52)56)46-18-10-16-42(36-46)48-22-11-23-49-47-19-4-3-13-38(47)28-33-50(48)49/h1-36H. The number of hydrogen-bond acceptors (Lipinski definition) is 1. The Bertz CT molecular complexity index is 3210. The lowest BCUT2D eigenvalue weighted by atomic mass is 9.94. The van der Waals surface area contributed by atoms with Gasteiger partial charge in [0.1, 0.15) is 0 Å². The molecule has 11 aromatic rings. The molecule has 0 aliphatic rings. The molecule has 0 radical (unpaired) electrons. The zero-order valence-electron chi connectivity index (χ0n) is 30.7. The summed E-state index contributed by atoms with van der Waals surface area (Å²) in [7, 11) is 0. The van der Waals surface area contributed by atoms with Gasteiger partial charge in [0.2, 0.25) is 0 Å². The maximum absolute atomic E-state index is 2.39. The third-order valence-electron chi connectivity index (χ3n) is 11.3. The van der Waals surface area contributed by atoms with Crippen LogP contribution < -0.4 is 4.90 Å². The van der Waals surface area contributed by atoms with E-state index in [2.05, 4.69) is 228 Å². The summed E-state index contributed by atoms with van der Waals surface area (Å²) in [5.74, 6) is 0. The summed E-state index contributed by atoms with van der Waals surface area (Å²) in [6, 6.07) is 79.6. The zero-order chi connectivity index (χ0) is 37.0. The largest absolute Gasteiger partial charge is 0.310 e. The molecule has 0 amide bonds. The van der Waals surface area contributed by atoms with E-state index in [0.29, 0.717) is 0 Å². The molecule has 2 nitrogen and oxygen atoms in total. The average molecular weight is 713 g/mol. The average Bonchev–Trinajstić information content (AvgIpc) is 3.61. The molecule has 1 aromatic heterocycles. The maximum Gasteiger partial charge on any atom is 0.0541 e. The van der Waals surface area contributed by atoms with E-state index in [1.807, 2.05) is 0 Å². The highest BCUT2D eigenvalue weighted by atomic mass is 15.1. The van der Waals surface area contributed by atoms with Gasteiger partial charge in [0.15, 0.2) is 0 Å². The van der Waals surface area contributed by atoms with Crippen molar-refractivity contribution >= 4 is 71.2 Å². The summed E-state index contributed by atoms with van der Waals surface area (Å²) in [6.07, 6.45) is 0. The molecule has 0 aliphatic carbocycles. The van der Waals surface area contributed by atoms with E-state index in [4.69, 9.17) is 0 Å². The Morgan fingerprint density at radius 2 is 0.839 bits per heavy atom. The lowest BCUT2D eigenvalue weighted by Crippen LogP contribution is -2.10. The molecule has 1 heterocycles. The van der Waals surface area contributed by atoms with E-state index in [1.54, 1.807) is 0 Å². The van der Waals surface area contributed by atoms with Gasteiger partial charge < -0.3 is 9.47 Å². The summed E-state index contributed by atoms with van der Waals surface area (Å²) in [6.45, 7) is 0. The van der Waals surface area contributed by atoms with Crippen molar-refractivity contribution in [3.63, 3.8) is 0 Å². The van der Waals surface area contributed by atoms with Crippen molar-refractivity contribution in [1.29, 1.82) is 0 Å². The van der Waals surface area contributed by atoms with Gasteiger partial charge in [0.25, 0.3) is 0 Å². The number of fused-ring (bicyclic) bond motifs is 7. The van der Waals surface area contributed by atoms with Gasteiger partial charge in [-0.3, -0.25) is 0 Å². The SMILES string of the molecule is c1cc(-c2ccc3ccccc3c2)cc(N(c2ccc(-n3c4ccccc4c4ccccc43)cc2)c2cccc(-c3cccc4c3ccc3ccccc34)c2)c1. The van der Waals surface area contributed by atoms with Crippen LogP contribution in [0.25, 0.3) is 82.1 Å². The van der Waals surface area contributed by atoms with Gasteiger partial charge in [-0.1, -0.05) is 152 Å². The van der Waals surface area contributed by atoms with Crippen LogP contribution in [-0.4, -0.2) is 4.57 Å². The third-order valence-corrected chi connectivity index (χ3v) is 11.3. The number of nitrogens with zero attached hydrogens (tertiary/aromatic N) is 2. The lowest BCUT2D eigenvalue weighted by molar-refractivity contribution is 1.17. The quantitative estimate of drug-likeness (QED) is 0.156. The van der Waals surface area contributed by atoms with Crippen LogP contribution in [0.1, 0.15) is 0 Å². The smallest absolute Gasteiger partial charge is 0.0541 e. The molecular formula is C54H36N2. The molecule has 2 heteroatoms. The lowest BCUT2D eigenvalue weighted by Gasteiger charge is -2.27. The zero-order valence-corrected chi connectivity index (χ0v) is 30.7. The third kappa shape index (κ3) is 5.34.